The first-order chi connectivity index (χ1) is 8.29. The predicted molar refractivity (Wildman–Crippen MR) is 69.0 cm³/mol. The number of nitrogens with zero attached hydrogens (tertiary/aromatic N) is 3. The van der Waals surface area contributed by atoms with Crippen LogP contribution in [0, 0.1) is 0 Å². The van der Waals surface area contributed by atoms with E-state index in [1.165, 1.54) is 19.3 Å². The van der Waals surface area contributed by atoms with E-state index in [1.807, 2.05) is 0 Å². The Labute approximate surface area is 105 Å². The fourth-order valence-electron chi connectivity index (χ4n) is 2.70. The van der Waals surface area contributed by atoms with Crippen LogP contribution in [0.2, 0.25) is 0 Å². The van der Waals surface area contributed by atoms with Gasteiger partial charge in [-0.3, -0.25) is 9.69 Å². The van der Waals surface area contributed by atoms with Gasteiger partial charge in [0.25, 0.3) is 0 Å². The van der Waals surface area contributed by atoms with Gasteiger partial charge >= 0.3 is 0 Å². The molecule has 2 aliphatic heterocycles. The maximum absolute atomic E-state index is 12.1. The number of piperidine rings is 1. The molecule has 4 nitrogen and oxygen atoms in total. The van der Waals surface area contributed by atoms with Crippen molar-refractivity contribution in [2.75, 3.05) is 52.4 Å². The summed E-state index contributed by atoms with van der Waals surface area (Å²) in [5.74, 6) is 0.342. The van der Waals surface area contributed by atoms with Crippen LogP contribution in [-0.2, 0) is 4.79 Å². The molecular formula is C13H25N3O. The molecule has 0 unspecified atom stereocenters. The summed E-state index contributed by atoms with van der Waals surface area (Å²) in [6.45, 7) is 10.3. The second-order valence-corrected chi connectivity index (χ2v) is 5.15. The summed E-state index contributed by atoms with van der Waals surface area (Å²) in [5, 5.41) is 0. The van der Waals surface area contributed by atoms with Crippen molar-refractivity contribution < 1.29 is 4.79 Å². The van der Waals surface area contributed by atoms with Crippen LogP contribution in [0.1, 0.15) is 26.2 Å². The van der Waals surface area contributed by atoms with Gasteiger partial charge in [-0.1, -0.05) is 6.92 Å². The van der Waals surface area contributed by atoms with E-state index < -0.39 is 0 Å². The monoisotopic (exact) mass is 239 g/mol. The summed E-state index contributed by atoms with van der Waals surface area (Å²) in [6, 6.07) is 0. The second-order valence-electron chi connectivity index (χ2n) is 5.15. The third kappa shape index (κ3) is 3.68. The number of likely N-dealkylation sites (N-methyl/N-ethyl adjacent to an activating group) is 1. The third-order valence-corrected chi connectivity index (χ3v) is 3.98. The molecule has 0 bridgehead atoms. The highest BCUT2D eigenvalue weighted by atomic mass is 16.2. The van der Waals surface area contributed by atoms with Crippen molar-refractivity contribution in [1.82, 2.24) is 14.7 Å². The Morgan fingerprint density at radius 1 is 0.882 bits per heavy atom. The lowest BCUT2D eigenvalue weighted by Gasteiger charge is -2.35. The van der Waals surface area contributed by atoms with Gasteiger partial charge in [0.05, 0.1) is 6.54 Å². The van der Waals surface area contributed by atoms with Crippen molar-refractivity contribution in [2.24, 2.45) is 0 Å². The molecule has 0 saturated carbocycles. The van der Waals surface area contributed by atoms with Crippen LogP contribution >= 0.6 is 0 Å². The lowest BCUT2D eigenvalue weighted by molar-refractivity contribution is -0.133. The summed E-state index contributed by atoms with van der Waals surface area (Å²) in [4.78, 5) is 18.9. The zero-order valence-electron chi connectivity index (χ0n) is 11.0. The highest BCUT2D eigenvalue weighted by molar-refractivity contribution is 5.78. The van der Waals surface area contributed by atoms with Gasteiger partial charge in [-0.15, -0.1) is 0 Å². The van der Waals surface area contributed by atoms with Crippen molar-refractivity contribution >= 4 is 5.91 Å². The number of hydrogen-bond acceptors (Lipinski definition) is 3. The lowest BCUT2D eigenvalue weighted by Crippen LogP contribution is -2.50. The molecule has 2 rings (SSSR count). The fraction of sp³-hybridized carbons (Fsp3) is 0.923. The van der Waals surface area contributed by atoms with Crippen molar-refractivity contribution in [1.29, 1.82) is 0 Å². The molecule has 0 radical (unpaired) electrons. The Balaban J connectivity index is 1.71. The number of carbonyl (C=O) groups excluding carboxylic acids is 1. The fourth-order valence-corrected chi connectivity index (χ4v) is 2.70. The van der Waals surface area contributed by atoms with E-state index in [1.54, 1.807) is 0 Å². The molecule has 4 heteroatoms. The summed E-state index contributed by atoms with van der Waals surface area (Å²) >= 11 is 0. The summed E-state index contributed by atoms with van der Waals surface area (Å²) in [7, 11) is 0. The molecule has 1 amide bonds. The first-order valence-electron chi connectivity index (χ1n) is 7.02. The topological polar surface area (TPSA) is 26.8 Å². The summed E-state index contributed by atoms with van der Waals surface area (Å²) in [6.07, 6.45) is 3.67. The van der Waals surface area contributed by atoms with Crippen LogP contribution in [0.5, 0.6) is 0 Å². The molecule has 0 atom stereocenters. The van der Waals surface area contributed by atoms with Gasteiger partial charge in [-0.05, 0) is 25.8 Å². The molecule has 17 heavy (non-hydrogen) atoms. The minimum Gasteiger partial charge on any atom is -0.342 e. The van der Waals surface area contributed by atoms with Gasteiger partial charge in [0.2, 0.25) is 5.91 Å². The highest BCUT2D eigenvalue weighted by Crippen LogP contribution is 2.10. The summed E-state index contributed by atoms with van der Waals surface area (Å²) in [5.41, 5.74) is 0. The number of likely N-dealkylation sites (tertiary alicyclic amines) is 1. The first kappa shape index (κ1) is 12.8. The standard InChI is InChI=1S/C13H25N3O/c1-2-14-8-10-15(11-9-14)12-13(17)16-6-4-3-5-7-16/h2-12H2,1H3. The van der Waals surface area contributed by atoms with Gasteiger partial charge in [-0.25, -0.2) is 0 Å². The predicted octanol–water partition coefficient (Wildman–Crippen LogP) is 0.636. The average Bonchev–Trinajstić information content (AvgIpc) is 2.40. The smallest absolute Gasteiger partial charge is 0.236 e. The number of amides is 1. The van der Waals surface area contributed by atoms with E-state index in [0.29, 0.717) is 12.5 Å². The molecule has 0 spiro atoms. The van der Waals surface area contributed by atoms with Crippen LogP contribution in [0.4, 0.5) is 0 Å². The minimum absolute atomic E-state index is 0.342. The van der Waals surface area contributed by atoms with Crippen molar-refractivity contribution in [3.63, 3.8) is 0 Å². The van der Waals surface area contributed by atoms with E-state index in [9.17, 15) is 4.79 Å². The Bertz CT molecular complexity index is 243. The Hall–Kier alpha value is -0.610. The van der Waals surface area contributed by atoms with Gasteiger partial charge < -0.3 is 9.80 Å². The van der Waals surface area contributed by atoms with Gasteiger partial charge in [0.15, 0.2) is 0 Å². The molecule has 2 fully saturated rings. The zero-order chi connectivity index (χ0) is 12.1. The van der Waals surface area contributed by atoms with Gasteiger partial charge in [-0.2, -0.15) is 0 Å². The number of rotatable bonds is 3. The number of hydrogen-bond donors (Lipinski definition) is 0. The Morgan fingerprint density at radius 2 is 1.47 bits per heavy atom. The average molecular weight is 239 g/mol. The van der Waals surface area contributed by atoms with Crippen molar-refractivity contribution in [2.45, 2.75) is 26.2 Å². The van der Waals surface area contributed by atoms with Crippen LogP contribution in [0.15, 0.2) is 0 Å². The maximum Gasteiger partial charge on any atom is 0.236 e. The van der Waals surface area contributed by atoms with E-state index in [-0.39, 0.29) is 0 Å². The quantitative estimate of drug-likeness (QED) is 0.723. The SMILES string of the molecule is CCN1CCN(CC(=O)N2CCCCC2)CC1. The Kier molecular flexibility index (Phi) is 4.80. The first-order valence-corrected chi connectivity index (χ1v) is 7.02. The van der Waals surface area contributed by atoms with E-state index in [2.05, 4.69) is 21.6 Å². The zero-order valence-corrected chi connectivity index (χ0v) is 11.0. The third-order valence-electron chi connectivity index (χ3n) is 3.98. The lowest BCUT2D eigenvalue weighted by atomic mass is 10.1. The highest BCUT2D eigenvalue weighted by Gasteiger charge is 2.21. The molecule has 0 aromatic rings. The van der Waals surface area contributed by atoms with Crippen LogP contribution in [0.25, 0.3) is 0 Å². The van der Waals surface area contributed by atoms with Crippen molar-refractivity contribution in [3.8, 4) is 0 Å². The number of carbonyl (C=O) groups is 1. The van der Waals surface area contributed by atoms with Crippen LogP contribution in [0.3, 0.4) is 0 Å². The molecule has 0 aliphatic carbocycles. The largest absolute Gasteiger partial charge is 0.342 e. The number of piperazine rings is 1. The molecule has 2 saturated heterocycles. The summed E-state index contributed by atoms with van der Waals surface area (Å²) < 4.78 is 0. The molecule has 2 aliphatic rings. The molecule has 2 heterocycles. The molecule has 0 N–H and O–H groups in total. The minimum atomic E-state index is 0.342. The van der Waals surface area contributed by atoms with Gasteiger partial charge in [0.1, 0.15) is 0 Å². The van der Waals surface area contributed by atoms with Crippen LogP contribution < -0.4 is 0 Å². The normalized spacial score (nSPS) is 23.9. The Morgan fingerprint density at radius 3 is 2.06 bits per heavy atom. The maximum atomic E-state index is 12.1. The molecule has 98 valence electrons. The second kappa shape index (κ2) is 6.36. The van der Waals surface area contributed by atoms with Crippen LogP contribution in [-0.4, -0.2) is 73.0 Å². The molecular weight excluding hydrogens is 214 g/mol. The molecule has 0 aromatic carbocycles. The van der Waals surface area contributed by atoms with Gasteiger partial charge in [0, 0.05) is 39.3 Å². The van der Waals surface area contributed by atoms with E-state index in [4.69, 9.17) is 0 Å². The van der Waals surface area contributed by atoms with Crippen molar-refractivity contribution in [3.05, 3.63) is 0 Å². The molecule has 0 aromatic heterocycles. The van der Waals surface area contributed by atoms with E-state index >= 15 is 0 Å². The van der Waals surface area contributed by atoms with E-state index in [0.717, 1.165) is 45.8 Å².